The summed E-state index contributed by atoms with van der Waals surface area (Å²) in [4.78, 5) is 29.8. The van der Waals surface area contributed by atoms with Crippen molar-refractivity contribution in [2.24, 2.45) is 0 Å². The van der Waals surface area contributed by atoms with Gasteiger partial charge in [0.2, 0.25) is 0 Å². The number of aromatic nitrogens is 2. The molecule has 0 unspecified atom stereocenters. The maximum Gasteiger partial charge on any atom is 0.378 e. The van der Waals surface area contributed by atoms with E-state index >= 15 is 0 Å². The van der Waals surface area contributed by atoms with Crippen molar-refractivity contribution in [3.8, 4) is 0 Å². The largest absolute Gasteiger partial charge is 0.378 e. The van der Waals surface area contributed by atoms with Crippen LogP contribution in [0.4, 0.5) is 5.95 Å². The molecule has 0 aliphatic carbocycles. The van der Waals surface area contributed by atoms with E-state index in [2.05, 4.69) is 9.97 Å². The fourth-order valence-electron chi connectivity index (χ4n) is 2.14. The fraction of sp³-hybridized carbons (Fsp3) is 0.385. The first kappa shape index (κ1) is 13.7. The molecule has 6 heteroatoms. The van der Waals surface area contributed by atoms with E-state index in [0.717, 1.165) is 0 Å². The summed E-state index contributed by atoms with van der Waals surface area (Å²) in [7, 11) is 3.03. The van der Waals surface area contributed by atoms with Gasteiger partial charge >= 0.3 is 5.95 Å². The summed E-state index contributed by atoms with van der Waals surface area (Å²) in [6.07, 6.45) is 0. The maximum atomic E-state index is 12.1. The zero-order valence-corrected chi connectivity index (χ0v) is 11.5. The van der Waals surface area contributed by atoms with Crippen LogP contribution >= 0.6 is 0 Å². The van der Waals surface area contributed by atoms with Gasteiger partial charge < -0.3 is 0 Å². The number of para-hydroxylation sites is 1. The minimum Gasteiger partial charge on any atom is -0.269 e. The minimum atomic E-state index is -0.305. The van der Waals surface area contributed by atoms with Crippen molar-refractivity contribution in [1.82, 2.24) is 14.8 Å². The molecule has 0 saturated carbocycles. The van der Waals surface area contributed by atoms with Gasteiger partial charge in [-0.1, -0.05) is 12.1 Å². The van der Waals surface area contributed by atoms with E-state index in [4.69, 9.17) is 9.68 Å². The van der Waals surface area contributed by atoms with Crippen LogP contribution in [0.25, 0.3) is 10.9 Å². The molecular formula is C13H18N3O3+. The Kier molecular flexibility index (Phi) is 3.66. The smallest absolute Gasteiger partial charge is 0.269 e. The van der Waals surface area contributed by atoms with Gasteiger partial charge in [0.1, 0.15) is 14.2 Å². The summed E-state index contributed by atoms with van der Waals surface area (Å²) in [5.74, 6) is 0.323. The lowest BCUT2D eigenvalue weighted by Crippen LogP contribution is -2.54. The molecule has 0 atom stereocenters. The van der Waals surface area contributed by atoms with Gasteiger partial charge in [0, 0.05) is 4.81 Å². The predicted octanol–water partition coefficient (Wildman–Crippen LogP) is 1.76. The number of quaternary nitrogens is 1. The Morgan fingerprint density at radius 3 is 2.42 bits per heavy atom. The number of rotatable bonds is 4. The normalized spacial score (nSPS) is 12.3. The summed E-state index contributed by atoms with van der Waals surface area (Å²) in [5, 5.41) is 0.542. The summed E-state index contributed by atoms with van der Waals surface area (Å²) >= 11 is 0. The number of aromatic amines is 1. The van der Waals surface area contributed by atoms with Gasteiger partial charge in [0.05, 0.1) is 10.9 Å². The topological polar surface area (TPSA) is 64.2 Å². The number of hydrogen-bond donors (Lipinski definition) is 1. The van der Waals surface area contributed by atoms with E-state index in [1.54, 1.807) is 18.2 Å². The van der Waals surface area contributed by atoms with Crippen molar-refractivity contribution >= 4 is 16.9 Å². The van der Waals surface area contributed by atoms with Crippen molar-refractivity contribution in [2.45, 2.75) is 19.9 Å². The first-order valence-electron chi connectivity index (χ1n) is 6.05. The molecule has 102 valence electrons. The zero-order chi connectivity index (χ0) is 14.0. The highest BCUT2D eigenvalue weighted by Gasteiger charge is 2.40. The first-order valence-corrected chi connectivity index (χ1v) is 6.05. The molecular weight excluding hydrogens is 246 g/mol. The van der Waals surface area contributed by atoms with Crippen molar-refractivity contribution in [3.05, 3.63) is 34.6 Å². The molecule has 0 fully saturated rings. The molecule has 2 rings (SSSR count). The summed E-state index contributed by atoms with van der Waals surface area (Å²) in [6, 6.07) is 7.08. The number of H-pyrrole nitrogens is 1. The van der Waals surface area contributed by atoms with E-state index in [9.17, 15) is 4.79 Å². The van der Waals surface area contributed by atoms with Gasteiger partial charge in [-0.05, 0) is 26.0 Å². The highest BCUT2D eigenvalue weighted by molar-refractivity contribution is 5.78. The molecule has 1 aromatic heterocycles. The third-order valence-corrected chi connectivity index (χ3v) is 3.12. The van der Waals surface area contributed by atoms with Crippen LogP contribution in [0.5, 0.6) is 0 Å². The summed E-state index contributed by atoms with van der Waals surface area (Å²) < 4.78 is 0. The quantitative estimate of drug-likeness (QED) is 0.675. The molecule has 0 bridgehead atoms. The van der Waals surface area contributed by atoms with Crippen LogP contribution in [0.2, 0.25) is 0 Å². The van der Waals surface area contributed by atoms with Gasteiger partial charge in [0.25, 0.3) is 5.56 Å². The average molecular weight is 264 g/mol. The second kappa shape index (κ2) is 5.08. The highest BCUT2D eigenvalue weighted by atomic mass is 17.0. The van der Waals surface area contributed by atoms with E-state index in [1.165, 1.54) is 14.2 Å². The molecule has 0 saturated heterocycles. The number of fused-ring (bicyclic) bond motifs is 1. The Bertz CT molecular complexity index is 632. The third-order valence-electron chi connectivity index (χ3n) is 3.12. The molecule has 0 amide bonds. The molecule has 1 aromatic carbocycles. The van der Waals surface area contributed by atoms with Crippen LogP contribution in [0.3, 0.4) is 0 Å². The van der Waals surface area contributed by atoms with E-state index in [-0.39, 0.29) is 16.4 Å². The molecule has 1 N–H and O–H groups in total. The van der Waals surface area contributed by atoms with E-state index in [0.29, 0.717) is 16.9 Å². The SMILES string of the molecule is CO[N+](OC)(c1nc2ccccc2c(=O)[nH]1)C(C)C. The Labute approximate surface area is 111 Å². The lowest BCUT2D eigenvalue weighted by molar-refractivity contribution is -0.347. The molecule has 2 aromatic rings. The van der Waals surface area contributed by atoms with E-state index in [1.807, 2.05) is 19.9 Å². The molecule has 0 spiro atoms. The lowest BCUT2D eigenvalue weighted by atomic mass is 10.2. The second-order valence-corrected chi connectivity index (χ2v) is 4.46. The van der Waals surface area contributed by atoms with Crippen LogP contribution in [0, 0.1) is 0 Å². The van der Waals surface area contributed by atoms with Crippen LogP contribution in [-0.2, 0) is 9.68 Å². The number of hydrogen-bond acceptors (Lipinski definition) is 4. The predicted molar refractivity (Wildman–Crippen MR) is 73.3 cm³/mol. The molecule has 6 nitrogen and oxygen atoms in total. The first-order chi connectivity index (χ1) is 9.05. The van der Waals surface area contributed by atoms with Gasteiger partial charge in [-0.25, -0.2) is 0 Å². The monoisotopic (exact) mass is 264 g/mol. The third kappa shape index (κ3) is 2.14. The summed E-state index contributed by atoms with van der Waals surface area (Å²) in [5.41, 5.74) is 0.399. The Balaban J connectivity index is 2.71. The number of nitrogens with zero attached hydrogens (tertiary/aromatic N) is 2. The van der Waals surface area contributed by atoms with Gasteiger partial charge in [0.15, 0.2) is 6.04 Å². The maximum absolute atomic E-state index is 12.1. The van der Waals surface area contributed by atoms with Gasteiger partial charge in [-0.15, -0.1) is 0 Å². The standard InChI is InChI=1S/C13H17N3O3/c1-9(2)16(18-3,19-4)13-14-11-8-6-5-7-10(11)12(17)15-13/h5-9H,1-4H3/p+1. The van der Waals surface area contributed by atoms with Gasteiger partial charge in [-0.3, -0.25) is 9.78 Å². The number of benzene rings is 1. The van der Waals surface area contributed by atoms with Crippen molar-refractivity contribution < 1.29 is 9.68 Å². The zero-order valence-electron chi connectivity index (χ0n) is 11.5. The summed E-state index contributed by atoms with van der Waals surface area (Å²) in [6.45, 7) is 3.84. The lowest BCUT2D eigenvalue weighted by Gasteiger charge is -2.30. The number of hydroxylamine groups is 2. The Hall–Kier alpha value is -1.76. The molecule has 1 heterocycles. The number of nitrogens with one attached hydrogen (secondary N) is 1. The van der Waals surface area contributed by atoms with Crippen LogP contribution in [-0.4, -0.2) is 30.2 Å². The molecule has 0 aliphatic heterocycles. The highest BCUT2D eigenvalue weighted by Crippen LogP contribution is 2.23. The van der Waals surface area contributed by atoms with Crippen LogP contribution in [0.15, 0.2) is 29.1 Å². The average Bonchev–Trinajstić information content (AvgIpc) is 2.40. The van der Waals surface area contributed by atoms with Crippen molar-refractivity contribution in [3.63, 3.8) is 0 Å². The van der Waals surface area contributed by atoms with Crippen molar-refractivity contribution in [2.75, 3.05) is 14.2 Å². The van der Waals surface area contributed by atoms with Crippen LogP contribution < -0.4 is 10.4 Å². The Morgan fingerprint density at radius 1 is 1.21 bits per heavy atom. The fourth-order valence-corrected chi connectivity index (χ4v) is 2.14. The molecule has 19 heavy (non-hydrogen) atoms. The molecule has 0 radical (unpaired) electrons. The van der Waals surface area contributed by atoms with Crippen LogP contribution in [0.1, 0.15) is 13.8 Å². The minimum absolute atomic E-state index is 0.0701. The second-order valence-electron chi connectivity index (χ2n) is 4.46. The molecule has 0 aliphatic rings. The van der Waals surface area contributed by atoms with Crippen molar-refractivity contribution in [1.29, 1.82) is 0 Å². The van der Waals surface area contributed by atoms with Gasteiger partial charge in [-0.2, -0.15) is 14.7 Å². The van der Waals surface area contributed by atoms with E-state index < -0.39 is 0 Å². The Morgan fingerprint density at radius 2 is 1.84 bits per heavy atom.